The van der Waals surface area contributed by atoms with Gasteiger partial charge in [-0.15, -0.1) is 12.4 Å². The molecule has 0 unspecified atom stereocenters. The van der Waals surface area contributed by atoms with E-state index in [0.717, 1.165) is 48.2 Å². The highest BCUT2D eigenvalue weighted by Crippen LogP contribution is 2.38. The Morgan fingerprint density at radius 1 is 0.933 bits per heavy atom. The number of nitrogens with zero attached hydrogens (tertiary/aromatic N) is 3. The SMILES string of the molecule is CCN(CCC(C)(C)CC(=O)O)c1cc2c(cc1CN(Cc1cc(C(F)(F)F)cc(C(F)(F)F)c1)c1coc(C)n1)CCC2.Cl. The summed E-state index contributed by atoms with van der Waals surface area (Å²) < 4.78 is 87.2. The molecule has 13 heteroatoms. The summed E-state index contributed by atoms with van der Waals surface area (Å²) in [6, 6.07) is 5.78. The molecule has 0 radical (unpaired) electrons. The number of alkyl halides is 6. The van der Waals surface area contributed by atoms with Crippen molar-refractivity contribution in [1.29, 1.82) is 0 Å². The van der Waals surface area contributed by atoms with Crippen LogP contribution in [0.5, 0.6) is 0 Å². The second kappa shape index (κ2) is 13.9. The first-order chi connectivity index (χ1) is 20.4. The summed E-state index contributed by atoms with van der Waals surface area (Å²) in [5.74, 6) is -0.293. The molecule has 1 N–H and O–H groups in total. The van der Waals surface area contributed by atoms with Crippen LogP contribution in [0.3, 0.4) is 0 Å². The van der Waals surface area contributed by atoms with E-state index in [1.807, 2.05) is 20.8 Å². The first-order valence-corrected chi connectivity index (χ1v) is 14.5. The summed E-state index contributed by atoms with van der Waals surface area (Å²) in [5.41, 5.74) is 0.704. The number of benzene rings is 2. The van der Waals surface area contributed by atoms with Gasteiger partial charge in [0.15, 0.2) is 11.7 Å². The monoisotopic (exact) mass is 661 g/mol. The largest absolute Gasteiger partial charge is 0.481 e. The minimum Gasteiger partial charge on any atom is -0.481 e. The van der Waals surface area contributed by atoms with Crippen LogP contribution in [0.1, 0.15) is 79.3 Å². The first kappa shape index (κ1) is 36.1. The van der Waals surface area contributed by atoms with Gasteiger partial charge in [0, 0.05) is 38.8 Å². The fourth-order valence-electron chi connectivity index (χ4n) is 5.72. The Bertz CT molecular complexity index is 1450. The Kier molecular flexibility index (Phi) is 11.2. The molecule has 6 nitrogen and oxygen atoms in total. The van der Waals surface area contributed by atoms with Gasteiger partial charge in [0.25, 0.3) is 0 Å². The van der Waals surface area contributed by atoms with Gasteiger partial charge in [-0.1, -0.05) is 19.9 Å². The molecule has 0 saturated heterocycles. The van der Waals surface area contributed by atoms with Gasteiger partial charge in [0.05, 0.1) is 17.5 Å². The number of aliphatic carboxylic acids is 1. The maximum absolute atomic E-state index is 13.6. The van der Waals surface area contributed by atoms with Crippen molar-refractivity contribution in [3.63, 3.8) is 0 Å². The van der Waals surface area contributed by atoms with Crippen molar-refractivity contribution in [3.8, 4) is 0 Å². The second-order valence-electron chi connectivity index (χ2n) is 12.2. The molecule has 0 saturated carbocycles. The number of carboxylic acid groups (broad SMARTS) is 1. The quantitative estimate of drug-likeness (QED) is 0.196. The summed E-state index contributed by atoms with van der Waals surface area (Å²) in [6.07, 6.45) is -5.23. The van der Waals surface area contributed by atoms with Crippen LogP contribution in [0.2, 0.25) is 0 Å². The third kappa shape index (κ3) is 9.31. The highest BCUT2D eigenvalue weighted by Gasteiger charge is 2.37. The number of fused-ring (bicyclic) bond motifs is 1. The Morgan fingerprint density at radius 3 is 2.04 bits per heavy atom. The van der Waals surface area contributed by atoms with Crippen LogP contribution in [0.4, 0.5) is 37.8 Å². The number of aryl methyl sites for hydroxylation is 3. The number of rotatable bonds is 12. The molecule has 1 aromatic heterocycles. The number of oxazole rings is 1. The normalized spacial score (nSPS) is 13.4. The zero-order chi connectivity index (χ0) is 32.4. The van der Waals surface area contributed by atoms with Gasteiger partial charge in [-0.3, -0.25) is 4.79 Å². The summed E-state index contributed by atoms with van der Waals surface area (Å²) in [6.45, 7) is 8.42. The fourth-order valence-corrected chi connectivity index (χ4v) is 5.72. The summed E-state index contributed by atoms with van der Waals surface area (Å²) in [5, 5.41) is 9.33. The molecular weight excluding hydrogens is 624 g/mol. The van der Waals surface area contributed by atoms with E-state index in [1.165, 1.54) is 11.8 Å². The van der Waals surface area contributed by atoms with Crippen molar-refractivity contribution < 1.29 is 40.7 Å². The lowest BCUT2D eigenvalue weighted by Gasteiger charge is -2.32. The molecule has 4 rings (SSSR count). The topological polar surface area (TPSA) is 69.8 Å². The summed E-state index contributed by atoms with van der Waals surface area (Å²) >= 11 is 0. The van der Waals surface area contributed by atoms with E-state index in [2.05, 4.69) is 22.0 Å². The Balaban J connectivity index is 0.00000552. The van der Waals surface area contributed by atoms with Crippen LogP contribution in [0, 0.1) is 12.3 Å². The van der Waals surface area contributed by atoms with Gasteiger partial charge in [-0.25, -0.2) is 0 Å². The molecule has 0 atom stereocenters. The minimum absolute atomic E-state index is 0. The van der Waals surface area contributed by atoms with Gasteiger partial charge in [0.1, 0.15) is 6.26 Å². The summed E-state index contributed by atoms with van der Waals surface area (Å²) in [4.78, 5) is 19.5. The smallest absolute Gasteiger partial charge is 0.416 e. The highest BCUT2D eigenvalue weighted by atomic mass is 35.5. The van der Waals surface area contributed by atoms with E-state index in [1.54, 1.807) is 11.8 Å². The number of carboxylic acids is 1. The van der Waals surface area contributed by atoms with Gasteiger partial charge in [0.2, 0.25) is 0 Å². The van der Waals surface area contributed by atoms with E-state index in [4.69, 9.17) is 4.42 Å². The number of carbonyl (C=O) groups is 1. The van der Waals surface area contributed by atoms with Crippen LogP contribution in [-0.2, 0) is 43.1 Å². The molecule has 1 aliphatic rings. The number of aromatic nitrogens is 1. The van der Waals surface area contributed by atoms with Crippen molar-refractivity contribution in [1.82, 2.24) is 4.98 Å². The highest BCUT2D eigenvalue weighted by molar-refractivity contribution is 5.85. The van der Waals surface area contributed by atoms with E-state index >= 15 is 0 Å². The lowest BCUT2D eigenvalue weighted by Crippen LogP contribution is -2.31. The van der Waals surface area contributed by atoms with Crippen LogP contribution in [0.25, 0.3) is 0 Å². The van der Waals surface area contributed by atoms with Crippen LogP contribution < -0.4 is 9.80 Å². The van der Waals surface area contributed by atoms with Gasteiger partial charge in [-0.2, -0.15) is 31.3 Å². The lowest BCUT2D eigenvalue weighted by atomic mass is 9.85. The summed E-state index contributed by atoms with van der Waals surface area (Å²) in [7, 11) is 0. The van der Waals surface area contributed by atoms with Crippen molar-refractivity contribution in [2.45, 2.75) is 85.2 Å². The average molecular weight is 662 g/mol. The van der Waals surface area contributed by atoms with Crippen LogP contribution >= 0.6 is 12.4 Å². The predicted octanol–water partition coefficient (Wildman–Crippen LogP) is 8.86. The molecule has 0 aliphatic heterocycles. The molecule has 1 heterocycles. The first-order valence-electron chi connectivity index (χ1n) is 14.5. The minimum atomic E-state index is -4.96. The Labute approximate surface area is 264 Å². The second-order valence-corrected chi connectivity index (χ2v) is 12.2. The zero-order valence-electron chi connectivity index (χ0n) is 25.6. The lowest BCUT2D eigenvalue weighted by molar-refractivity contribution is -0.143. The van der Waals surface area contributed by atoms with Crippen molar-refractivity contribution in [2.75, 3.05) is 22.9 Å². The molecule has 3 aromatic rings. The number of anilines is 2. The maximum Gasteiger partial charge on any atom is 0.416 e. The maximum atomic E-state index is 13.6. The van der Waals surface area contributed by atoms with Gasteiger partial charge < -0.3 is 19.3 Å². The average Bonchev–Trinajstić information content (AvgIpc) is 3.55. The number of hydrogen-bond donors (Lipinski definition) is 1. The molecule has 0 amide bonds. The molecule has 0 bridgehead atoms. The molecular formula is C32H38ClF6N3O3. The van der Waals surface area contributed by atoms with Gasteiger partial charge >= 0.3 is 18.3 Å². The fraction of sp³-hybridized carbons (Fsp3) is 0.500. The molecule has 1 aliphatic carbocycles. The molecule has 248 valence electrons. The number of hydrogen-bond acceptors (Lipinski definition) is 5. The third-order valence-corrected chi connectivity index (χ3v) is 8.02. The Morgan fingerprint density at radius 2 is 1.53 bits per heavy atom. The van der Waals surface area contributed by atoms with Crippen molar-refractivity contribution in [3.05, 3.63) is 75.9 Å². The third-order valence-electron chi connectivity index (χ3n) is 8.02. The zero-order valence-corrected chi connectivity index (χ0v) is 26.4. The van der Waals surface area contributed by atoms with Crippen molar-refractivity contribution >= 4 is 29.9 Å². The van der Waals surface area contributed by atoms with E-state index < -0.39 is 34.9 Å². The van der Waals surface area contributed by atoms with E-state index in [9.17, 15) is 36.2 Å². The predicted molar refractivity (Wildman–Crippen MR) is 162 cm³/mol. The molecule has 45 heavy (non-hydrogen) atoms. The molecule has 2 aromatic carbocycles. The standard InChI is InChI=1S/C32H37F6N3O3.ClH/c1-5-40(10-9-30(3,4)16-29(42)43)27-14-23-8-6-7-22(23)13-24(27)18-41(28-19-44-20(2)39-28)17-21-11-25(31(33,34)35)15-26(12-21)32(36,37)38;/h11-15,19H,5-10,16-18H2,1-4H3,(H,42,43);1H. The van der Waals surface area contributed by atoms with E-state index in [-0.39, 0.29) is 49.4 Å². The van der Waals surface area contributed by atoms with Crippen molar-refractivity contribution in [2.24, 2.45) is 5.41 Å². The molecule has 0 fully saturated rings. The van der Waals surface area contributed by atoms with Crippen LogP contribution in [-0.4, -0.2) is 29.1 Å². The van der Waals surface area contributed by atoms with Gasteiger partial charge in [-0.05, 0) is 84.5 Å². The Hall–Kier alpha value is -3.41. The van der Waals surface area contributed by atoms with Crippen LogP contribution in [0.15, 0.2) is 41.0 Å². The molecule has 0 spiro atoms. The van der Waals surface area contributed by atoms with E-state index in [0.29, 0.717) is 25.4 Å². The number of halogens is 7.